The number of carbonyl (C=O) groups excluding carboxylic acids is 1. The lowest BCUT2D eigenvalue weighted by Crippen LogP contribution is -2.46. The van der Waals surface area contributed by atoms with E-state index in [4.69, 9.17) is 0 Å². The van der Waals surface area contributed by atoms with Gasteiger partial charge in [-0.25, -0.2) is 4.79 Å². The minimum Gasteiger partial charge on any atom is -0.324 e. The van der Waals surface area contributed by atoms with Gasteiger partial charge in [0.15, 0.2) is 5.82 Å². The third-order valence-corrected chi connectivity index (χ3v) is 5.15. The highest BCUT2D eigenvalue weighted by Gasteiger charge is 2.42. The van der Waals surface area contributed by atoms with Crippen molar-refractivity contribution < 1.29 is 18.0 Å². The number of alkyl halides is 3. The van der Waals surface area contributed by atoms with Gasteiger partial charge in [0.1, 0.15) is 5.82 Å². The maximum absolute atomic E-state index is 13.0. The molecule has 1 N–H and O–H groups in total. The van der Waals surface area contributed by atoms with Crippen molar-refractivity contribution in [3.8, 4) is 11.4 Å². The molecule has 4 rings (SSSR count). The minimum absolute atomic E-state index is 0.0702. The predicted octanol–water partition coefficient (Wildman–Crippen LogP) is 3.70. The summed E-state index contributed by atoms with van der Waals surface area (Å²) in [6.45, 7) is 0.892. The summed E-state index contributed by atoms with van der Waals surface area (Å²) >= 11 is 0. The Labute approximate surface area is 154 Å². The Hall–Kier alpha value is -2.58. The van der Waals surface area contributed by atoms with Gasteiger partial charge in [-0.1, -0.05) is 12.1 Å². The van der Waals surface area contributed by atoms with Crippen LogP contribution in [0.25, 0.3) is 11.4 Å². The number of nitrogens with zero attached hydrogens (tertiary/aromatic N) is 4. The van der Waals surface area contributed by atoms with Crippen molar-refractivity contribution >= 4 is 11.7 Å². The Morgan fingerprint density at radius 3 is 2.85 bits per heavy atom. The zero-order chi connectivity index (χ0) is 19.0. The molecule has 0 spiro atoms. The van der Waals surface area contributed by atoms with E-state index in [0.717, 1.165) is 36.6 Å². The zero-order valence-electron chi connectivity index (χ0n) is 14.7. The number of fused-ring (bicyclic) bond motifs is 1. The number of aromatic nitrogens is 3. The molecule has 0 radical (unpaired) electrons. The molecule has 9 heteroatoms. The lowest BCUT2D eigenvalue weighted by molar-refractivity contribution is -0.183. The molecular weight excluding hydrogens is 359 g/mol. The fourth-order valence-corrected chi connectivity index (χ4v) is 3.73. The monoisotopic (exact) mass is 379 g/mol. The lowest BCUT2D eigenvalue weighted by atomic mass is 9.98. The van der Waals surface area contributed by atoms with Crippen molar-refractivity contribution in [2.45, 2.75) is 38.4 Å². The number of piperidine rings is 1. The van der Waals surface area contributed by atoms with Crippen molar-refractivity contribution in [3.05, 3.63) is 30.1 Å². The van der Waals surface area contributed by atoms with Crippen LogP contribution in [0.3, 0.4) is 0 Å². The van der Waals surface area contributed by atoms with E-state index in [-0.39, 0.29) is 13.0 Å². The number of halogens is 3. The molecule has 2 aliphatic rings. The summed E-state index contributed by atoms with van der Waals surface area (Å²) in [5.74, 6) is 0.238. The van der Waals surface area contributed by atoms with Gasteiger partial charge in [-0.05, 0) is 31.4 Å². The topological polar surface area (TPSA) is 63.1 Å². The van der Waals surface area contributed by atoms with Crippen LogP contribution in [-0.4, -0.2) is 45.0 Å². The van der Waals surface area contributed by atoms with Crippen molar-refractivity contribution in [2.75, 3.05) is 18.4 Å². The number of carbonyl (C=O) groups is 1. The molecule has 27 heavy (non-hydrogen) atoms. The maximum atomic E-state index is 13.0. The Morgan fingerprint density at radius 2 is 2.04 bits per heavy atom. The fraction of sp³-hybridized carbons (Fsp3) is 0.500. The molecule has 1 fully saturated rings. The van der Waals surface area contributed by atoms with E-state index >= 15 is 0 Å². The van der Waals surface area contributed by atoms with Gasteiger partial charge in [-0.2, -0.15) is 13.2 Å². The molecular formula is C18H20F3N5O. The summed E-state index contributed by atoms with van der Waals surface area (Å²) in [6, 6.07) is 6.65. The number of urea groups is 1. The summed E-state index contributed by atoms with van der Waals surface area (Å²) < 4.78 is 40.9. The third kappa shape index (κ3) is 3.63. The second kappa shape index (κ2) is 6.86. The second-order valence-electron chi connectivity index (χ2n) is 7.03. The summed E-state index contributed by atoms with van der Waals surface area (Å²) in [7, 11) is 0. The first-order chi connectivity index (χ1) is 12.9. The van der Waals surface area contributed by atoms with Gasteiger partial charge in [-0.3, -0.25) is 0 Å². The Balaban J connectivity index is 1.47. The molecule has 144 valence electrons. The summed E-state index contributed by atoms with van der Waals surface area (Å²) in [4.78, 5) is 13.7. The predicted molar refractivity (Wildman–Crippen MR) is 93.1 cm³/mol. The minimum atomic E-state index is -4.27. The summed E-state index contributed by atoms with van der Waals surface area (Å²) in [6.07, 6.45) is -1.92. The van der Waals surface area contributed by atoms with Gasteiger partial charge in [0, 0.05) is 37.3 Å². The molecule has 2 aliphatic heterocycles. The van der Waals surface area contributed by atoms with Gasteiger partial charge in [0.25, 0.3) is 0 Å². The Morgan fingerprint density at radius 1 is 1.19 bits per heavy atom. The number of nitrogens with one attached hydrogen (secondary N) is 1. The van der Waals surface area contributed by atoms with E-state index in [0.29, 0.717) is 18.7 Å². The van der Waals surface area contributed by atoms with Gasteiger partial charge in [0.2, 0.25) is 0 Å². The van der Waals surface area contributed by atoms with E-state index in [1.807, 2.05) is 6.07 Å². The molecule has 1 aromatic carbocycles. The SMILES string of the molecule is O=C(Nc1cccc(-c2nnc3n2CCC3)c1)N1CCC[C@H](C(F)(F)F)C1. The average molecular weight is 379 g/mol. The number of hydrogen-bond acceptors (Lipinski definition) is 3. The highest BCUT2D eigenvalue weighted by atomic mass is 19.4. The number of rotatable bonds is 2. The van der Waals surface area contributed by atoms with Crippen LogP contribution in [0.5, 0.6) is 0 Å². The molecule has 0 unspecified atom stereocenters. The van der Waals surface area contributed by atoms with Crippen LogP contribution in [0, 0.1) is 5.92 Å². The Bertz CT molecular complexity index is 848. The summed E-state index contributed by atoms with van der Waals surface area (Å²) in [5.41, 5.74) is 1.35. The van der Waals surface area contributed by atoms with Crippen LogP contribution >= 0.6 is 0 Å². The van der Waals surface area contributed by atoms with Crippen molar-refractivity contribution in [1.82, 2.24) is 19.7 Å². The number of aryl methyl sites for hydroxylation is 1. The van der Waals surface area contributed by atoms with Crippen molar-refractivity contribution in [3.63, 3.8) is 0 Å². The zero-order valence-corrected chi connectivity index (χ0v) is 14.7. The number of amides is 2. The van der Waals surface area contributed by atoms with E-state index in [1.54, 1.807) is 18.2 Å². The quantitative estimate of drug-likeness (QED) is 0.866. The number of hydrogen-bond donors (Lipinski definition) is 1. The van der Waals surface area contributed by atoms with Gasteiger partial charge < -0.3 is 14.8 Å². The highest BCUT2D eigenvalue weighted by molar-refractivity contribution is 5.90. The standard InChI is InChI=1S/C18H20F3N5O/c19-18(20,21)13-5-2-8-25(11-13)17(27)22-14-6-1-4-12(10-14)16-24-23-15-7-3-9-26(15)16/h1,4,6,10,13H,2-3,5,7-9,11H2,(H,22,27)/t13-/m0/s1. The van der Waals surface area contributed by atoms with E-state index in [2.05, 4.69) is 20.1 Å². The molecule has 0 bridgehead atoms. The van der Waals surface area contributed by atoms with E-state index in [1.165, 1.54) is 4.90 Å². The number of likely N-dealkylation sites (tertiary alicyclic amines) is 1. The fourth-order valence-electron chi connectivity index (χ4n) is 3.73. The van der Waals surface area contributed by atoms with Crippen LogP contribution in [0.15, 0.2) is 24.3 Å². The molecule has 1 atom stereocenters. The van der Waals surface area contributed by atoms with Gasteiger partial charge >= 0.3 is 12.2 Å². The highest BCUT2D eigenvalue weighted by Crippen LogP contribution is 2.33. The van der Waals surface area contributed by atoms with Crippen LogP contribution in [0.2, 0.25) is 0 Å². The van der Waals surface area contributed by atoms with Crippen molar-refractivity contribution in [2.24, 2.45) is 5.92 Å². The normalized spacial score (nSPS) is 19.8. The number of anilines is 1. The molecule has 2 aromatic rings. The Kier molecular flexibility index (Phi) is 4.53. The van der Waals surface area contributed by atoms with Crippen molar-refractivity contribution in [1.29, 1.82) is 0 Å². The third-order valence-electron chi connectivity index (χ3n) is 5.15. The van der Waals surface area contributed by atoms with E-state index < -0.39 is 18.1 Å². The first-order valence-electron chi connectivity index (χ1n) is 9.07. The molecule has 6 nitrogen and oxygen atoms in total. The molecule has 2 amide bonds. The maximum Gasteiger partial charge on any atom is 0.393 e. The molecule has 1 aromatic heterocycles. The van der Waals surface area contributed by atoms with Gasteiger partial charge in [-0.15, -0.1) is 10.2 Å². The lowest BCUT2D eigenvalue weighted by Gasteiger charge is -2.33. The van der Waals surface area contributed by atoms with Crippen LogP contribution in [0.4, 0.5) is 23.7 Å². The second-order valence-corrected chi connectivity index (χ2v) is 7.03. The first-order valence-corrected chi connectivity index (χ1v) is 9.07. The molecule has 1 saturated heterocycles. The largest absolute Gasteiger partial charge is 0.393 e. The average Bonchev–Trinajstić information content (AvgIpc) is 3.25. The van der Waals surface area contributed by atoms with Crippen LogP contribution in [0.1, 0.15) is 25.1 Å². The summed E-state index contributed by atoms with van der Waals surface area (Å²) in [5, 5.41) is 11.1. The first kappa shape index (κ1) is 17.8. The van der Waals surface area contributed by atoms with Gasteiger partial charge in [0.05, 0.1) is 5.92 Å². The van der Waals surface area contributed by atoms with Crippen LogP contribution < -0.4 is 5.32 Å². The molecule has 3 heterocycles. The van der Waals surface area contributed by atoms with Crippen LogP contribution in [-0.2, 0) is 13.0 Å². The molecule has 0 saturated carbocycles. The van der Waals surface area contributed by atoms with E-state index in [9.17, 15) is 18.0 Å². The number of benzene rings is 1. The smallest absolute Gasteiger partial charge is 0.324 e. The molecule has 0 aliphatic carbocycles.